The molecule has 0 unspecified atom stereocenters. The summed E-state index contributed by atoms with van der Waals surface area (Å²) >= 11 is 2.08. The minimum Gasteiger partial charge on any atom is -0.493 e. The van der Waals surface area contributed by atoms with Gasteiger partial charge in [-0.05, 0) is 46.4 Å². The number of hydrogen-bond acceptors (Lipinski definition) is 7. The summed E-state index contributed by atoms with van der Waals surface area (Å²) < 4.78 is 12.9. The molecule has 0 aliphatic rings. The van der Waals surface area contributed by atoms with Gasteiger partial charge in [0.15, 0.2) is 11.5 Å². The molecule has 0 saturated heterocycles. The van der Waals surface area contributed by atoms with E-state index in [9.17, 15) is 10.5 Å². The molecule has 8 nitrogen and oxygen atoms in total. The van der Waals surface area contributed by atoms with E-state index in [1.165, 1.54) is 11.8 Å². The summed E-state index contributed by atoms with van der Waals surface area (Å²) in [6, 6.07) is 7.48. The number of allylic oxidation sites excluding steroid dienone is 1. The molecule has 1 heterocycles. The number of rotatable bonds is 7. The highest BCUT2D eigenvalue weighted by Gasteiger charge is 2.19. The fraction of sp³-hybridized carbons (Fsp3) is 0.211. The number of nitriles is 2. The maximum Gasteiger partial charge on any atom is 0.175 e. The molecule has 0 spiro atoms. The molecule has 3 N–H and O–H groups in total. The van der Waals surface area contributed by atoms with Crippen LogP contribution in [0.2, 0.25) is 0 Å². The molecule has 0 amide bonds. The van der Waals surface area contributed by atoms with Gasteiger partial charge in [-0.15, -0.1) is 6.42 Å². The molecule has 9 heteroatoms. The molecule has 2 rings (SSSR count). The topological polar surface area (TPSA) is 130 Å². The van der Waals surface area contributed by atoms with Crippen molar-refractivity contribution < 1.29 is 14.6 Å². The zero-order chi connectivity index (χ0) is 20.7. The molecule has 0 fully saturated rings. The van der Waals surface area contributed by atoms with Crippen LogP contribution in [-0.2, 0) is 6.54 Å². The van der Waals surface area contributed by atoms with Crippen LogP contribution in [0.5, 0.6) is 11.5 Å². The van der Waals surface area contributed by atoms with E-state index in [2.05, 4.69) is 33.6 Å². The second kappa shape index (κ2) is 9.65. The number of anilines is 1. The highest BCUT2D eigenvalue weighted by molar-refractivity contribution is 14.1. The van der Waals surface area contributed by atoms with Crippen molar-refractivity contribution in [2.75, 3.05) is 26.1 Å². The van der Waals surface area contributed by atoms with Gasteiger partial charge in [0.1, 0.15) is 35.8 Å². The first-order valence-corrected chi connectivity index (χ1v) is 9.01. The van der Waals surface area contributed by atoms with Gasteiger partial charge in [0.05, 0.1) is 29.4 Å². The zero-order valence-electron chi connectivity index (χ0n) is 14.9. The van der Waals surface area contributed by atoms with Crippen molar-refractivity contribution in [1.29, 1.82) is 10.5 Å². The molecule has 0 saturated carbocycles. The Labute approximate surface area is 175 Å². The average Bonchev–Trinajstić information content (AvgIpc) is 3.00. The standard InChI is InChI=1S/C19H16IN5O3/c1-3-6-28-18-15(20)8-12(9-16(18)27-2)7-13(10-21)17-14(11-22)19(23)25(24-17)4-5-26/h1,7-9,26H,4-6,23H2,2H3/b13-7+. The number of methoxy groups -OCH3 is 1. The molecule has 1 aromatic heterocycles. The van der Waals surface area contributed by atoms with E-state index in [1.54, 1.807) is 18.2 Å². The van der Waals surface area contributed by atoms with E-state index in [1.807, 2.05) is 12.1 Å². The number of nitrogens with zero attached hydrogens (tertiary/aromatic N) is 4. The maximum atomic E-state index is 9.61. The Morgan fingerprint density at radius 1 is 1.46 bits per heavy atom. The molecule has 0 atom stereocenters. The van der Waals surface area contributed by atoms with E-state index in [-0.39, 0.29) is 42.4 Å². The zero-order valence-corrected chi connectivity index (χ0v) is 17.1. The van der Waals surface area contributed by atoms with Gasteiger partial charge in [-0.1, -0.05) is 5.92 Å². The first-order chi connectivity index (χ1) is 13.5. The van der Waals surface area contributed by atoms with Crippen LogP contribution in [0.25, 0.3) is 11.6 Å². The van der Waals surface area contributed by atoms with Crippen molar-refractivity contribution in [1.82, 2.24) is 9.78 Å². The second-order valence-corrected chi connectivity index (χ2v) is 6.53. The highest BCUT2D eigenvalue weighted by atomic mass is 127. The number of terminal acetylenes is 1. The van der Waals surface area contributed by atoms with E-state index >= 15 is 0 Å². The Hall–Kier alpha value is -3.20. The normalized spacial score (nSPS) is 10.6. The highest BCUT2D eigenvalue weighted by Crippen LogP contribution is 2.35. The summed E-state index contributed by atoms with van der Waals surface area (Å²) in [5.41, 5.74) is 6.92. The molecule has 0 aliphatic heterocycles. The van der Waals surface area contributed by atoms with Gasteiger partial charge in [-0.3, -0.25) is 0 Å². The van der Waals surface area contributed by atoms with Crippen molar-refractivity contribution in [3.63, 3.8) is 0 Å². The smallest absolute Gasteiger partial charge is 0.175 e. The third-order valence-electron chi connectivity index (χ3n) is 3.65. The summed E-state index contributed by atoms with van der Waals surface area (Å²) in [6.07, 6.45) is 6.81. The van der Waals surface area contributed by atoms with Crippen LogP contribution in [0.3, 0.4) is 0 Å². The lowest BCUT2D eigenvalue weighted by molar-refractivity contribution is 0.270. The lowest BCUT2D eigenvalue weighted by Crippen LogP contribution is -2.07. The lowest BCUT2D eigenvalue weighted by atomic mass is 10.1. The number of aromatic nitrogens is 2. The van der Waals surface area contributed by atoms with Crippen molar-refractivity contribution >= 4 is 40.1 Å². The number of ether oxygens (including phenoxy) is 2. The molecular formula is C19H16IN5O3. The van der Waals surface area contributed by atoms with Gasteiger partial charge < -0.3 is 20.3 Å². The number of aliphatic hydroxyl groups is 1. The molecule has 0 bridgehead atoms. The van der Waals surface area contributed by atoms with Gasteiger partial charge in [0.2, 0.25) is 0 Å². The second-order valence-electron chi connectivity index (χ2n) is 5.36. The SMILES string of the molecule is C#CCOc1c(I)cc(/C=C(\C#N)c2nn(CCO)c(N)c2C#N)cc1OC. The monoisotopic (exact) mass is 489 g/mol. The Morgan fingerprint density at radius 2 is 2.21 bits per heavy atom. The Bertz CT molecular complexity index is 1040. The molecule has 0 radical (unpaired) electrons. The van der Waals surface area contributed by atoms with Crippen molar-refractivity contribution in [3.05, 3.63) is 32.5 Å². The van der Waals surface area contributed by atoms with Gasteiger partial charge in [0.25, 0.3) is 0 Å². The number of aliphatic hydroxyl groups excluding tert-OH is 1. The first-order valence-electron chi connectivity index (χ1n) is 7.93. The quantitative estimate of drug-likeness (QED) is 0.346. The van der Waals surface area contributed by atoms with E-state index in [4.69, 9.17) is 26.7 Å². The third kappa shape index (κ3) is 4.37. The Kier molecular flexibility index (Phi) is 7.28. The number of benzene rings is 1. The molecule has 28 heavy (non-hydrogen) atoms. The largest absolute Gasteiger partial charge is 0.493 e. The van der Waals surface area contributed by atoms with Gasteiger partial charge in [0, 0.05) is 0 Å². The number of nitrogen functional groups attached to an aromatic ring is 1. The first kappa shape index (κ1) is 21.1. The summed E-state index contributed by atoms with van der Waals surface area (Å²) in [7, 11) is 1.50. The van der Waals surface area contributed by atoms with Crippen LogP contribution in [0.15, 0.2) is 12.1 Å². The molecule has 2 aromatic rings. The fourth-order valence-corrected chi connectivity index (χ4v) is 3.22. The van der Waals surface area contributed by atoms with Gasteiger partial charge in [-0.2, -0.15) is 15.6 Å². The van der Waals surface area contributed by atoms with Crippen LogP contribution in [0.4, 0.5) is 5.82 Å². The summed E-state index contributed by atoms with van der Waals surface area (Å²) in [6.45, 7) is 0.0144. The maximum absolute atomic E-state index is 9.61. The molecule has 142 valence electrons. The minimum absolute atomic E-state index is 0.0804. The van der Waals surface area contributed by atoms with Crippen LogP contribution in [-0.4, -0.2) is 35.2 Å². The molecule has 1 aromatic carbocycles. The van der Waals surface area contributed by atoms with Gasteiger partial charge in [-0.25, -0.2) is 4.68 Å². The van der Waals surface area contributed by atoms with Crippen LogP contribution < -0.4 is 15.2 Å². The number of halogens is 1. The van der Waals surface area contributed by atoms with Crippen LogP contribution in [0, 0.1) is 38.6 Å². The van der Waals surface area contributed by atoms with E-state index in [0.29, 0.717) is 17.1 Å². The average molecular weight is 489 g/mol. The predicted molar refractivity (Wildman–Crippen MR) is 112 cm³/mol. The Balaban J connectivity index is 2.56. The van der Waals surface area contributed by atoms with Crippen molar-refractivity contribution in [3.8, 4) is 36.0 Å². The Morgan fingerprint density at radius 3 is 2.79 bits per heavy atom. The van der Waals surface area contributed by atoms with Crippen LogP contribution in [0.1, 0.15) is 16.8 Å². The minimum atomic E-state index is -0.198. The summed E-state index contributed by atoms with van der Waals surface area (Å²) in [5, 5.41) is 32.3. The number of nitrogens with two attached hydrogens (primary N) is 1. The van der Waals surface area contributed by atoms with E-state index < -0.39 is 0 Å². The molecular weight excluding hydrogens is 473 g/mol. The van der Waals surface area contributed by atoms with Crippen LogP contribution >= 0.6 is 22.6 Å². The predicted octanol–water partition coefficient (Wildman–Crippen LogP) is 2.02. The summed E-state index contributed by atoms with van der Waals surface area (Å²) in [4.78, 5) is 0. The van der Waals surface area contributed by atoms with Crippen molar-refractivity contribution in [2.45, 2.75) is 6.54 Å². The number of hydrogen-bond donors (Lipinski definition) is 2. The molecule has 0 aliphatic carbocycles. The summed E-state index contributed by atoms with van der Waals surface area (Å²) in [5.74, 6) is 3.45. The van der Waals surface area contributed by atoms with Crippen molar-refractivity contribution in [2.24, 2.45) is 0 Å². The van der Waals surface area contributed by atoms with E-state index in [0.717, 1.165) is 3.57 Å². The third-order valence-corrected chi connectivity index (χ3v) is 4.45. The van der Waals surface area contributed by atoms with Gasteiger partial charge >= 0.3 is 0 Å². The fourth-order valence-electron chi connectivity index (χ4n) is 2.44. The lowest BCUT2D eigenvalue weighted by Gasteiger charge is -2.12.